The maximum atomic E-state index is 5.88. The van der Waals surface area contributed by atoms with Crippen molar-refractivity contribution < 1.29 is 4.52 Å². The lowest BCUT2D eigenvalue weighted by Crippen LogP contribution is -2.30. The average Bonchev–Trinajstić information content (AvgIpc) is 2.82. The van der Waals surface area contributed by atoms with Gasteiger partial charge in [-0.15, -0.1) is 11.8 Å². The van der Waals surface area contributed by atoms with Crippen LogP contribution in [0, 0.1) is 0 Å². The molecule has 6 nitrogen and oxygen atoms in total. The van der Waals surface area contributed by atoms with E-state index in [2.05, 4.69) is 15.2 Å². The average molecular weight is 253 g/mol. The van der Waals surface area contributed by atoms with Gasteiger partial charge in [0.1, 0.15) is 0 Å². The highest BCUT2D eigenvalue weighted by molar-refractivity contribution is 7.98. The summed E-state index contributed by atoms with van der Waals surface area (Å²) in [5, 5.41) is 7.94. The van der Waals surface area contributed by atoms with Gasteiger partial charge in [0, 0.05) is 18.1 Å². The van der Waals surface area contributed by atoms with E-state index in [4.69, 9.17) is 10.3 Å². The normalized spacial score (nSPS) is 12.0. The standard InChI is InChI=1S/C10H15N5OS/c1-10(2,11)9-13-8(16-14-9)6-17-7-4-12-15(3)5-7/h4-5H,6,11H2,1-3H3. The fourth-order valence-electron chi connectivity index (χ4n) is 1.19. The predicted molar refractivity (Wildman–Crippen MR) is 64.3 cm³/mol. The van der Waals surface area contributed by atoms with Crippen molar-refractivity contribution in [1.82, 2.24) is 19.9 Å². The number of hydrogen-bond acceptors (Lipinski definition) is 6. The van der Waals surface area contributed by atoms with Crippen LogP contribution in [0.5, 0.6) is 0 Å². The molecular formula is C10H15N5OS. The molecule has 0 unspecified atom stereocenters. The Balaban J connectivity index is 1.98. The molecule has 0 atom stereocenters. The Morgan fingerprint density at radius 3 is 2.82 bits per heavy atom. The predicted octanol–water partition coefficient (Wildman–Crippen LogP) is 1.29. The minimum absolute atomic E-state index is 0.527. The zero-order valence-corrected chi connectivity index (χ0v) is 10.9. The van der Waals surface area contributed by atoms with Crippen LogP contribution in [0.4, 0.5) is 0 Å². The summed E-state index contributed by atoms with van der Waals surface area (Å²) in [7, 11) is 1.88. The summed E-state index contributed by atoms with van der Waals surface area (Å²) in [6.07, 6.45) is 3.74. The van der Waals surface area contributed by atoms with Crippen LogP contribution in [0.15, 0.2) is 21.8 Å². The van der Waals surface area contributed by atoms with Gasteiger partial charge < -0.3 is 10.3 Å². The highest BCUT2D eigenvalue weighted by Gasteiger charge is 2.21. The molecule has 2 rings (SSSR count). The molecule has 0 aliphatic rings. The molecule has 2 aromatic rings. The van der Waals surface area contributed by atoms with Gasteiger partial charge in [0.2, 0.25) is 5.89 Å². The van der Waals surface area contributed by atoms with Gasteiger partial charge in [-0.25, -0.2) is 0 Å². The van der Waals surface area contributed by atoms with Crippen molar-refractivity contribution in [3.63, 3.8) is 0 Å². The third-order valence-electron chi connectivity index (χ3n) is 2.09. The lowest BCUT2D eigenvalue weighted by atomic mass is 10.1. The molecule has 0 aliphatic heterocycles. The molecular weight excluding hydrogens is 238 g/mol. The number of rotatable bonds is 4. The van der Waals surface area contributed by atoms with E-state index in [0.717, 1.165) is 4.90 Å². The summed E-state index contributed by atoms with van der Waals surface area (Å²) >= 11 is 1.60. The van der Waals surface area contributed by atoms with Gasteiger partial charge in [0.25, 0.3) is 0 Å². The Kier molecular flexibility index (Phi) is 3.21. The highest BCUT2D eigenvalue weighted by atomic mass is 32.2. The first kappa shape index (κ1) is 12.1. The Bertz CT molecular complexity index is 499. The number of aromatic nitrogens is 4. The molecule has 0 saturated carbocycles. The second kappa shape index (κ2) is 4.50. The molecule has 2 aromatic heterocycles. The molecule has 0 aromatic carbocycles. The Hall–Kier alpha value is -1.34. The van der Waals surface area contributed by atoms with Crippen LogP contribution >= 0.6 is 11.8 Å². The topological polar surface area (TPSA) is 82.8 Å². The van der Waals surface area contributed by atoms with E-state index in [0.29, 0.717) is 17.5 Å². The van der Waals surface area contributed by atoms with Crippen LogP contribution < -0.4 is 5.73 Å². The molecule has 2 heterocycles. The van der Waals surface area contributed by atoms with E-state index in [1.807, 2.05) is 27.1 Å². The zero-order valence-electron chi connectivity index (χ0n) is 10.0. The monoisotopic (exact) mass is 253 g/mol. The lowest BCUT2D eigenvalue weighted by Gasteiger charge is -2.11. The summed E-state index contributed by atoms with van der Waals surface area (Å²) in [5.74, 6) is 1.72. The molecule has 17 heavy (non-hydrogen) atoms. The van der Waals surface area contributed by atoms with Crippen LogP contribution in [0.3, 0.4) is 0 Å². The van der Waals surface area contributed by atoms with Crippen LogP contribution in [0.25, 0.3) is 0 Å². The van der Waals surface area contributed by atoms with Crippen LogP contribution in [-0.2, 0) is 18.3 Å². The van der Waals surface area contributed by atoms with Gasteiger partial charge in [-0.1, -0.05) is 5.16 Å². The molecule has 7 heteroatoms. The minimum atomic E-state index is -0.569. The van der Waals surface area contributed by atoms with Crippen molar-refractivity contribution in [2.24, 2.45) is 12.8 Å². The molecule has 0 spiro atoms. The molecule has 0 bridgehead atoms. The van der Waals surface area contributed by atoms with E-state index < -0.39 is 5.54 Å². The van der Waals surface area contributed by atoms with Crippen LogP contribution in [-0.4, -0.2) is 19.9 Å². The first-order valence-electron chi connectivity index (χ1n) is 5.18. The van der Waals surface area contributed by atoms with Crippen molar-refractivity contribution in [3.8, 4) is 0 Å². The quantitative estimate of drug-likeness (QED) is 0.827. The van der Waals surface area contributed by atoms with Crippen molar-refractivity contribution in [1.29, 1.82) is 0 Å². The van der Waals surface area contributed by atoms with Gasteiger partial charge in [-0.05, 0) is 13.8 Å². The van der Waals surface area contributed by atoms with Gasteiger partial charge in [-0.2, -0.15) is 10.1 Å². The second-order valence-corrected chi connectivity index (χ2v) is 5.42. The number of nitrogens with zero attached hydrogens (tertiary/aromatic N) is 4. The first-order chi connectivity index (χ1) is 7.95. The number of thioether (sulfide) groups is 1. The lowest BCUT2D eigenvalue weighted by molar-refractivity contribution is 0.370. The molecule has 0 amide bonds. The van der Waals surface area contributed by atoms with Gasteiger partial charge >= 0.3 is 0 Å². The van der Waals surface area contributed by atoms with Crippen LogP contribution in [0.2, 0.25) is 0 Å². The fraction of sp³-hybridized carbons (Fsp3) is 0.500. The summed E-state index contributed by atoms with van der Waals surface area (Å²) in [6, 6.07) is 0. The minimum Gasteiger partial charge on any atom is -0.338 e. The van der Waals surface area contributed by atoms with E-state index in [1.54, 1.807) is 22.6 Å². The third-order valence-corrected chi connectivity index (χ3v) is 3.02. The Labute approximate surface area is 104 Å². The van der Waals surface area contributed by atoms with Crippen molar-refractivity contribution in [3.05, 3.63) is 24.1 Å². The van der Waals surface area contributed by atoms with Crippen molar-refractivity contribution in [2.75, 3.05) is 0 Å². The summed E-state index contributed by atoms with van der Waals surface area (Å²) in [6.45, 7) is 3.69. The second-order valence-electron chi connectivity index (χ2n) is 4.37. The van der Waals surface area contributed by atoms with E-state index >= 15 is 0 Å². The molecule has 0 radical (unpaired) electrons. The van der Waals surface area contributed by atoms with E-state index in [9.17, 15) is 0 Å². The number of hydrogen-bond donors (Lipinski definition) is 1. The number of nitrogens with two attached hydrogens (primary N) is 1. The van der Waals surface area contributed by atoms with Gasteiger partial charge in [0.15, 0.2) is 5.82 Å². The zero-order chi connectivity index (χ0) is 12.5. The molecule has 0 aliphatic carbocycles. The van der Waals surface area contributed by atoms with Crippen molar-refractivity contribution >= 4 is 11.8 Å². The largest absolute Gasteiger partial charge is 0.338 e. The van der Waals surface area contributed by atoms with E-state index in [1.165, 1.54) is 0 Å². The fourth-order valence-corrected chi connectivity index (χ4v) is 1.95. The van der Waals surface area contributed by atoms with Gasteiger partial charge in [-0.3, -0.25) is 4.68 Å². The molecule has 0 saturated heterocycles. The summed E-state index contributed by atoms with van der Waals surface area (Å²) in [4.78, 5) is 5.32. The highest BCUT2D eigenvalue weighted by Crippen LogP contribution is 2.22. The smallest absolute Gasteiger partial charge is 0.237 e. The van der Waals surface area contributed by atoms with Crippen molar-refractivity contribution in [2.45, 2.75) is 30.0 Å². The van der Waals surface area contributed by atoms with E-state index in [-0.39, 0.29) is 0 Å². The molecule has 92 valence electrons. The summed E-state index contributed by atoms with van der Waals surface area (Å²) in [5.41, 5.74) is 5.31. The molecule has 2 N–H and O–H groups in total. The maximum Gasteiger partial charge on any atom is 0.237 e. The van der Waals surface area contributed by atoms with Gasteiger partial charge in [0.05, 0.1) is 17.5 Å². The SMILES string of the molecule is Cn1cc(SCc2nc(C(C)(C)N)no2)cn1. The maximum absolute atomic E-state index is 5.88. The number of aryl methyl sites for hydroxylation is 1. The van der Waals surface area contributed by atoms with Crippen LogP contribution in [0.1, 0.15) is 25.6 Å². The third kappa shape index (κ3) is 3.07. The Morgan fingerprint density at radius 1 is 1.53 bits per heavy atom. The first-order valence-corrected chi connectivity index (χ1v) is 6.17. The summed E-state index contributed by atoms with van der Waals surface area (Å²) < 4.78 is 6.89. The molecule has 0 fully saturated rings. The Morgan fingerprint density at radius 2 is 2.29 bits per heavy atom.